The number of halogens is 1. The number of nitrogens with zero attached hydrogens (tertiary/aromatic N) is 1. The lowest BCUT2D eigenvalue weighted by Crippen LogP contribution is -2.36. The molecule has 7 heteroatoms. The van der Waals surface area contributed by atoms with Crippen molar-refractivity contribution in [3.8, 4) is 0 Å². The largest absolute Gasteiger partial charge is 0.465 e. The molecule has 0 bridgehead atoms. The third-order valence-electron chi connectivity index (χ3n) is 5.29. The Bertz CT molecular complexity index is 1080. The van der Waals surface area contributed by atoms with Crippen molar-refractivity contribution >= 4 is 38.7 Å². The minimum Gasteiger partial charge on any atom is -0.465 e. The van der Waals surface area contributed by atoms with Crippen molar-refractivity contribution in [2.45, 2.75) is 26.8 Å². The molecule has 0 atom stereocenters. The van der Waals surface area contributed by atoms with E-state index in [-0.39, 0.29) is 5.91 Å². The van der Waals surface area contributed by atoms with Crippen LogP contribution in [-0.4, -0.2) is 40.4 Å². The van der Waals surface area contributed by atoms with Gasteiger partial charge in [-0.25, -0.2) is 4.79 Å². The number of H-pyrrole nitrogens is 2. The Labute approximate surface area is 165 Å². The maximum Gasteiger partial charge on any atom is 0.339 e. The zero-order valence-electron chi connectivity index (χ0n) is 15.4. The second kappa shape index (κ2) is 6.56. The molecule has 0 fully saturated rings. The van der Waals surface area contributed by atoms with E-state index in [1.807, 2.05) is 17.0 Å². The highest BCUT2D eigenvalue weighted by atomic mass is 79.9. The number of amides is 1. The second-order valence-corrected chi connectivity index (χ2v) is 7.69. The zero-order chi connectivity index (χ0) is 19.3. The third kappa shape index (κ3) is 2.77. The van der Waals surface area contributed by atoms with Crippen LogP contribution in [0.15, 0.2) is 22.7 Å². The Balaban J connectivity index is 1.69. The van der Waals surface area contributed by atoms with E-state index in [0.717, 1.165) is 27.4 Å². The van der Waals surface area contributed by atoms with Crippen LogP contribution in [0.1, 0.15) is 43.4 Å². The summed E-state index contributed by atoms with van der Waals surface area (Å²) in [5.74, 6) is -0.525. The van der Waals surface area contributed by atoms with Crippen molar-refractivity contribution in [2.24, 2.45) is 0 Å². The fourth-order valence-corrected chi connectivity index (χ4v) is 4.37. The normalized spacial score (nSPS) is 13.7. The van der Waals surface area contributed by atoms with E-state index in [0.29, 0.717) is 35.6 Å². The zero-order valence-corrected chi connectivity index (χ0v) is 17.0. The van der Waals surface area contributed by atoms with Gasteiger partial charge in [-0.15, -0.1) is 0 Å². The summed E-state index contributed by atoms with van der Waals surface area (Å²) in [5.41, 5.74) is 5.58. The monoisotopic (exact) mass is 429 g/mol. The average molecular weight is 430 g/mol. The molecule has 0 spiro atoms. The number of hydrogen-bond donors (Lipinski definition) is 2. The molecule has 0 aliphatic carbocycles. The summed E-state index contributed by atoms with van der Waals surface area (Å²) in [4.78, 5) is 33.5. The molecule has 1 amide bonds. The van der Waals surface area contributed by atoms with E-state index < -0.39 is 5.97 Å². The van der Waals surface area contributed by atoms with Crippen LogP contribution in [0.5, 0.6) is 0 Å². The molecule has 27 heavy (non-hydrogen) atoms. The lowest BCUT2D eigenvalue weighted by atomic mass is 10.0. The molecule has 1 aromatic carbocycles. The molecule has 2 aromatic heterocycles. The molecular formula is C20H20BrN3O3. The first-order valence-corrected chi connectivity index (χ1v) is 9.56. The first kappa shape index (κ1) is 17.9. The van der Waals surface area contributed by atoms with Crippen molar-refractivity contribution in [1.82, 2.24) is 14.9 Å². The number of nitrogens with one attached hydrogen (secondary N) is 2. The minimum absolute atomic E-state index is 0.0965. The van der Waals surface area contributed by atoms with E-state index in [9.17, 15) is 9.59 Å². The number of benzene rings is 1. The number of rotatable bonds is 2. The number of carbonyl (C=O) groups excluding carboxylic acids is 2. The molecule has 0 saturated carbocycles. The summed E-state index contributed by atoms with van der Waals surface area (Å²) in [5, 5.41) is 1.13. The fraction of sp³-hybridized carbons (Fsp3) is 0.300. The van der Waals surface area contributed by atoms with Gasteiger partial charge in [-0.3, -0.25) is 4.79 Å². The van der Waals surface area contributed by atoms with Gasteiger partial charge >= 0.3 is 5.97 Å². The van der Waals surface area contributed by atoms with Gasteiger partial charge in [0.25, 0.3) is 5.91 Å². The molecule has 3 aromatic rings. The molecular weight excluding hydrogens is 410 g/mol. The van der Waals surface area contributed by atoms with Crippen LogP contribution in [0.25, 0.3) is 10.9 Å². The van der Waals surface area contributed by atoms with Crippen molar-refractivity contribution in [3.63, 3.8) is 0 Å². The summed E-state index contributed by atoms with van der Waals surface area (Å²) in [6, 6.07) is 6.08. The van der Waals surface area contributed by atoms with Gasteiger partial charge in [0.15, 0.2) is 0 Å². The van der Waals surface area contributed by atoms with Gasteiger partial charge in [0.1, 0.15) is 5.69 Å². The van der Waals surface area contributed by atoms with Gasteiger partial charge in [0.2, 0.25) is 0 Å². The molecule has 6 nitrogen and oxygen atoms in total. The van der Waals surface area contributed by atoms with Crippen molar-refractivity contribution in [1.29, 1.82) is 0 Å². The number of methoxy groups -OCH3 is 1. The van der Waals surface area contributed by atoms with Gasteiger partial charge in [-0.1, -0.05) is 12.1 Å². The molecule has 1 aliphatic rings. The number of aryl methyl sites for hydroxylation is 1. The number of carbonyl (C=O) groups is 2. The highest BCUT2D eigenvalue weighted by molar-refractivity contribution is 9.10. The van der Waals surface area contributed by atoms with Crippen molar-refractivity contribution < 1.29 is 14.3 Å². The number of fused-ring (bicyclic) bond motifs is 3. The first-order valence-electron chi connectivity index (χ1n) is 8.77. The number of aromatic amines is 2. The van der Waals surface area contributed by atoms with Crippen LogP contribution in [0, 0.1) is 13.8 Å². The highest BCUT2D eigenvalue weighted by Gasteiger charge is 2.29. The fourth-order valence-electron chi connectivity index (χ4n) is 3.91. The number of para-hydroxylation sites is 1. The Hall–Kier alpha value is -2.54. The lowest BCUT2D eigenvalue weighted by Gasteiger charge is -2.27. The first-order chi connectivity index (χ1) is 12.9. The Morgan fingerprint density at radius 1 is 1.22 bits per heavy atom. The molecule has 0 unspecified atom stereocenters. The quantitative estimate of drug-likeness (QED) is 0.607. The summed E-state index contributed by atoms with van der Waals surface area (Å²) in [7, 11) is 1.34. The van der Waals surface area contributed by atoms with Crippen LogP contribution < -0.4 is 0 Å². The maximum absolute atomic E-state index is 13.2. The predicted octanol–water partition coefficient (Wildman–Crippen LogP) is 3.86. The average Bonchev–Trinajstić information content (AvgIpc) is 3.18. The standard InChI is InChI=1S/C20H20BrN3O3/c1-10-16(20(26)27-3)11(2)22-17(10)19(25)24-8-7-15-13(9-24)12-5-4-6-14(21)18(12)23-15/h4-6,22-23H,7-9H2,1-3H3. The van der Waals surface area contributed by atoms with Gasteiger partial charge < -0.3 is 19.6 Å². The van der Waals surface area contributed by atoms with Crippen LogP contribution >= 0.6 is 15.9 Å². The van der Waals surface area contributed by atoms with Gasteiger partial charge in [0.05, 0.1) is 18.2 Å². The molecule has 0 radical (unpaired) electrons. The summed E-state index contributed by atoms with van der Waals surface area (Å²) >= 11 is 3.58. The predicted molar refractivity (Wildman–Crippen MR) is 106 cm³/mol. The molecule has 140 valence electrons. The van der Waals surface area contributed by atoms with Gasteiger partial charge in [-0.2, -0.15) is 0 Å². The van der Waals surface area contributed by atoms with Crippen molar-refractivity contribution in [3.05, 3.63) is 56.4 Å². The summed E-state index contributed by atoms with van der Waals surface area (Å²) in [6.45, 7) is 4.72. The van der Waals surface area contributed by atoms with Crippen LogP contribution in [0.4, 0.5) is 0 Å². The minimum atomic E-state index is -0.428. The van der Waals surface area contributed by atoms with Crippen LogP contribution in [0.2, 0.25) is 0 Å². The summed E-state index contributed by atoms with van der Waals surface area (Å²) in [6.07, 6.45) is 0.769. The van der Waals surface area contributed by atoms with Crippen LogP contribution in [0.3, 0.4) is 0 Å². The van der Waals surface area contributed by atoms with Crippen molar-refractivity contribution in [2.75, 3.05) is 13.7 Å². The molecule has 3 heterocycles. The van der Waals surface area contributed by atoms with E-state index in [1.54, 1.807) is 13.8 Å². The molecule has 4 rings (SSSR count). The third-order valence-corrected chi connectivity index (χ3v) is 5.95. The SMILES string of the molecule is COC(=O)c1c(C)[nH]c(C(=O)N2CCc3[nH]c4c(Br)cccc4c3C2)c1C. The topological polar surface area (TPSA) is 78.2 Å². The number of aromatic nitrogens is 2. The molecule has 2 N–H and O–H groups in total. The van der Waals surface area contributed by atoms with E-state index in [2.05, 4.69) is 32.0 Å². The number of ether oxygens (including phenoxy) is 1. The smallest absolute Gasteiger partial charge is 0.339 e. The highest BCUT2D eigenvalue weighted by Crippen LogP contribution is 2.32. The summed E-state index contributed by atoms with van der Waals surface area (Å²) < 4.78 is 5.86. The Morgan fingerprint density at radius 2 is 2.00 bits per heavy atom. The molecule has 0 saturated heterocycles. The second-order valence-electron chi connectivity index (χ2n) is 6.84. The Kier molecular flexibility index (Phi) is 4.34. The van der Waals surface area contributed by atoms with Gasteiger partial charge in [-0.05, 0) is 41.4 Å². The molecule has 1 aliphatic heterocycles. The van der Waals surface area contributed by atoms with E-state index in [4.69, 9.17) is 4.74 Å². The Morgan fingerprint density at radius 3 is 2.74 bits per heavy atom. The number of hydrogen-bond acceptors (Lipinski definition) is 3. The lowest BCUT2D eigenvalue weighted by molar-refractivity contribution is 0.0599. The number of esters is 1. The maximum atomic E-state index is 13.2. The van der Waals surface area contributed by atoms with Crippen LogP contribution in [-0.2, 0) is 17.7 Å². The van der Waals surface area contributed by atoms with E-state index in [1.165, 1.54) is 12.8 Å². The van der Waals surface area contributed by atoms with E-state index >= 15 is 0 Å². The van der Waals surface area contributed by atoms with Gasteiger partial charge in [0, 0.05) is 46.3 Å².